The number of carbonyl (C=O) groups excluding carboxylic acids is 1. The number of nitrogens with one attached hydrogen (secondary N) is 1. The summed E-state index contributed by atoms with van der Waals surface area (Å²) in [5, 5.41) is 3.93. The molecular weight excluding hydrogens is 398 g/mol. The summed E-state index contributed by atoms with van der Waals surface area (Å²) < 4.78 is 29.5. The Hall–Kier alpha value is -2.93. The molecule has 3 aromatic rings. The predicted molar refractivity (Wildman–Crippen MR) is 119 cm³/mol. The lowest BCUT2D eigenvalue weighted by Crippen LogP contribution is -2.27. The molecule has 1 aliphatic heterocycles. The molecule has 0 aliphatic carbocycles. The van der Waals surface area contributed by atoms with Crippen molar-refractivity contribution in [2.24, 2.45) is 0 Å². The molecule has 7 heteroatoms. The molecule has 0 saturated carbocycles. The number of nitrogens with zero attached hydrogens (tertiary/aromatic N) is 3. The van der Waals surface area contributed by atoms with Crippen molar-refractivity contribution in [3.8, 4) is 11.1 Å². The summed E-state index contributed by atoms with van der Waals surface area (Å²) in [5.41, 5.74) is 2.12. The molecule has 1 saturated heterocycles. The van der Waals surface area contributed by atoms with Crippen LogP contribution in [-0.2, 0) is 0 Å². The molecule has 0 spiro atoms. The van der Waals surface area contributed by atoms with Gasteiger partial charge in [-0.15, -0.1) is 0 Å². The third-order valence-corrected chi connectivity index (χ3v) is 5.37. The Morgan fingerprint density at radius 2 is 1.74 bits per heavy atom. The first kappa shape index (κ1) is 22.7. The van der Waals surface area contributed by atoms with Crippen LogP contribution in [0.25, 0.3) is 22.0 Å². The van der Waals surface area contributed by atoms with E-state index in [0.29, 0.717) is 16.5 Å². The fourth-order valence-electron chi connectivity index (χ4n) is 3.90. The summed E-state index contributed by atoms with van der Waals surface area (Å²) in [6, 6.07) is 6.95. The molecule has 0 bridgehead atoms. The van der Waals surface area contributed by atoms with E-state index in [-0.39, 0.29) is 23.0 Å². The topological polar surface area (TPSA) is 58.1 Å². The van der Waals surface area contributed by atoms with E-state index >= 15 is 0 Å². The smallest absolute Gasteiger partial charge is 0.253 e. The van der Waals surface area contributed by atoms with Crippen LogP contribution < -0.4 is 5.32 Å². The lowest BCUT2D eigenvalue weighted by atomic mass is 9.90. The number of hydrogen-bond acceptors (Lipinski definition) is 4. The van der Waals surface area contributed by atoms with Crippen LogP contribution in [-0.4, -0.2) is 48.0 Å². The van der Waals surface area contributed by atoms with Crippen LogP contribution in [0.3, 0.4) is 0 Å². The molecule has 1 fully saturated rings. The number of benzene rings is 2. The van der Waals surface area contributed by atoms with Gasteiger partial charge in [-0.25, -0.2) is 18.7 Å². The van der Waals surface area contributed by atoms with Crippen LogP contribution in [0.4, 0.5) is 8.78 Å². The minimum absolute atomic E-state index is 0.208. The fourth-order valence-corrected chi connectivity index (χ4v) is 3.90. The molecule has 4 rings (SSSR count). The van der Waals surface area contributed by atoms with E-state index in [2.05, 4.69) is 15.3 Å². The first-order chi connectivity index (χ1) is 15.0. The summed E-state index contributed by atoms with van der Waals surface area (Å²) in [6.07, 6.45) is 3.28. The van der Waals surface area contributed by atoms with Crippen molar-refractivity contribution >= 4 is 16.8 Å². The van der Waals surface area contributed by atoms with E-state index in [9.17, 15) is 13.6 Å². The van der Waals surface area contributed by atoms with E-state index in [1.54, 1.807) is 20.2 Å². The molecule has 5 nitrogen and oxygen atoms in total. The Bertz CT molecular complexity index is 1080. The lowest BCUT2D eigenvalue weighted by molar-refractivity contribution is 0.0827. The molecule has 1 aliphatic rings. The largest absolute Gasteiger partial charge is 0.345 e. The molecule has 164 valence electrons. The van der Waals surface area contributed by atoms with E-state index in [4.69, 9.17) is 0 Å². The molecule has 2 heterocycles. The monoisotopic (exact) mass is 426 g/mol. The fraction of sp³-hybridized carbons (Fsp3) is 0.375. The Balaban J connectivity index is 0.00000132. The quantitative estimate of drug-likeness (QED) is 0.656. The van der Waals surface area contributed by atoms with Crippen molar-refractivity contribution in [2.75, 3.05) is 27.2 Å². The van der Waals surface area contributed by atoms with Crippen molar-refractivity contribution in [1.29, 1.82) is 0 Å². The first-order valence-corrected chi connectivity index (χ1v) is 10.6. The number of fused-ring (bicyclic) bond motifs is 1. The molecule has 0 unspecified atom stereocenters. The van der Waals surface area contributed by atoms with Gasteiger partial charge in [-0.3, -0.25) is 4.79 Å². The van der Waals surface area contributed by atoms with Crippen molar-refractivity contribution in [3.63, 3.8) is 0 Å². The van der Waals surface area contributed by atoms with Crippen LogP contribution in [0.15, 0.2) is 36.7 Å². The molecule has 1 amide bonds. The average Bonchev–Trinajstić information content (AvgIpc) is 2.79. The number of rotatable bonds is 3. The summed E-state index contributed by atoms with van der Waals surface area (Å²) in [4.78, 5) is 22.3. The molecule has 2 aromatic carbocycles. The van der Waals surface area contributed by atoms with E-state index in [1.807, 2.05) is 13.8 Å². The van der Waals surface area contributed by atoms with Gasteiger partial charge in [0.2, 0.25) is 0 Å². The van der Waals surface area contributed by atoms with Gasteiger partial charge < -0.3 is 10.2 Å². The minimum Gasteiger partial charge on any atom is -0.345 e. The van der Waals surface area contributed by atoms with Crippen molar-refractivity contribution in [1.82, 2.24) is 20.2 Å². The third kappa shape index (κ3) is 4.71. The maximum Gasteiger partial charge on any atom is 0.253 e. The van der Waals surface area contributed by atoms with Gasteiger partial charge in [0.15, 0.2) is 0 Å². The van der Waals surface area contributed by atoms with Crippen LogP contribution in [0.5, 0.6) is 0 Å². The first-order valence-electron chi connectivity index (χ1n) is 10.6. The van der Waals surface area contributed by atoms with Gasteiger partial charge in [-0.05, 0) is 50.2 Å². The normalized spacial score (nSPS) is 14.1. The van der Waals surface area contributed by atoms with E-state index in [0.717, 1.165) is 31.6 Å². The number of piperidine rings is 1. The Kier molecular flexibility index (Phi) is 7.28. The SMILES string of the molecule is CC.CN(C)C(=O)c1ccc(-c2cc(F)cc3c(C4CCNCC4)ncnc23)c(F)c1. The van der Waals surface area contributed by atoms with E-state index in [1.165, 1.54) is 35.5 Å². The number of aromatic nitrogens is 2. The second-order valence-corrected chi connectivity index (χ2v) is 7.53. The highest BCUT2D eigenvalue weighted by Gasteiger charge is 2.22. The summed E-state index contributed by atoms with van der Waals surface area (Å²) in [6.45, 7) is 5.77. The highest BCUT2D eigenvalue weighted by Crippen LogP contribution is 2.35. The molecule has 0 radical (unpaired) electrons. The highest BCUT2D eigenvalue weighted by atomic mass is 19.1. The molecular formula is C24H28F2N4O. The van der Waals surface area contributed by atoms with Crippen molar-refractivity contribution < 1.29 is 13.6 Å². The Morgan fingerprint density at radius 3 is 2.39 bits per heavy atom. The minimum atomic E-state index is -0.591. The maximum atomic E-state index is 14.9. The van der Waals surface area contributed by atoms with Crippen molar-refractivity contribution in [3.05, 3.63) is 59.6 Å². The van der Waals surface area contributed by atoms with E-state index < -0.39 is 11.6 Å². The third-order valence-electron chi connectivity index (χ3n) is 5.37. The maximum absolute atomic E-state index is 14.9. The Labute approximate surface area is 181 Å². The predicted octanol–water partition coefficient (Wildman–Crippen LogP) is 4.77. The number of amides is 1. The highest BCUT2D eigenvalue weighted by molar-refractivity contribution is 5.97. The van der Waals surface area contributed by atoms with Crippen LogP contribution in [0.1, 0.15) is 48.7 Å². The molecule has 1 N–H and O–H groups in total. The van der Waals surface area contributed by atoms with Gasteiger partial charge in [0.05, 0.1) is 11.2 Å². The standard InChI is InChI=1S/C22H22F2N4O.C2H6/c1-28(2)22(29)14-3-4-16(19(24)9-14)17-10-15(23)11-18-20(26-12-27-21(17)18)13-5-7-25-8-6-13;1-2/h3-4,9-13,25H,5-8H2,1-2H3;1-2H3. The van der Waals surface area contributed by atoms with Gasteiger partial charge in [-0.2, -0.15) is 0 Å². The second-order valence-electron chi connectivity index (χ2n) is 7.53. The van der Waals surface area contributed by atoms with Crippen LogP contribution in [0.2, 0.25) is 0 Å². The molecule has 0 atom stereocenters. The zero-order valence-electron chi connectivity index (χ0n) is 18.4. The lowest BCUT2D eigenvalue weighted by Gasteiger charge is -2.23. The van der Waals surface area contributed by atoms with Gasteiger partial charge >= 0.3 is 0 Å². The van der Waals surface area contributed by atoms with Gasteiger partial charge in [-0.1, -0.05) is 19.9 Å². The van der Waals surface area contributed by atoms with Crippen molar-refractivity contribution in [2.45, 2.75) is 32.6 Å². The zero-order chi connectivity index (χ0) is 22.5. The van der Waals surface area contributed by atoms with Gasteiger partial charge in [0.1, 0.15) is 18.0 Å². The number of halogens is 2. The second kappa shape index (κ2) is 9.92. The number of hydrogen-bond donors (Lipinski definition) is 1. The number of carbonyl (C=O) groups is 1. The average molecular weight is 427 g/mol. The summed E-state index contributed by atoms with van der Waals surface area (Å²) in [7, 11) is 3.21. The van der Waals surface area contributed by atoms with Gasteiger partial charge in [0, 0.05) is 42.1 Å². The molecule has 1 aromatic heterocycles. The van der Waals surface area contributed by atoms with Crippen LogP contribution in [0, 0.1) is 11.6 Å². The molecule has 31 heavy (non-hydrogen) atoms. The Morgan fingerprint density at radius 1 is 1.03 bits per heavy atom. The zero-order valence-corrected chi connectivity index (χ0v) is 18.4. The summed E-state index contributed by atoms with van der Waals surface area (Å²) in [5.74, 6) is -1.15. The summed E-state index contributed by atoms with van der Waals surface area (Å²) >= 11 is 0. The van der Waals surface area contributed by atoms with Gasteiger partial charge in [0.25, 0.3) is 5.91 Å². The van der Waals surface area contributed by atoms with Crippen LogP contribution >= 0.6 is 0 Å².